The number of nitro benzene ring substituents is 2. The number of fused-ring (bicyclic) bond motifs is 1. The number of hydrogen-bond acceptors (Lipinski definition) is 8. The van der Waals surface area contributed by atoms with E-state index < -0.39 is 27.0 Å². The lowest BCUT2D eigenvalue weighted by Gasteiger charge is -2.01. The molecule has 1 aliphatic heterocycles. The first-order valence-corrected chi connectivity index (χ1v) is 7.19. The Morgan fingerprint density at radius 2 is 1.68 bits per heavy atom. The summed E-state index contributed by atoms with van der Waals surface area (Å²) in [7, 11) is 0. The lowest BCUT2D eigenvalue weighted by Crippen LogP contribution is -2.23. The topological polar surface area (TPSA) is 140 Å². The van der Waals surface area contributed by atoms with Gasteiger partial charge in [-0.15, -0.1) is 0 Å². The summed E-state index contributed by atoms with van der Waals surface area (Å²) in [5.74, 6) is -1.02. The standard InChI is InChI=1S/C14H11BN4O6/c1-15-11-4-9(3-2-8(11)7-25-15)16-17-10-5-12(18(21)22)14(20)13(6-10)19(23)24/h2-6,20H,7H2,1H3/b17-16+. The highest BCUT2D eigenvalue weighted by molar-refractivity contribution is 6.67. The normalized spacial score (nSPS) is 13.2. The molecular formula is C14H11BN4O6. The van der Waals surface area contributed by atoms with Crippen molar-refractivity contribution in [3.8, 4) is 5.75 Å². The fourth-order valence-electron chi connectivity index (χ4n) is 2.50. The van der Waals surface area contributed by atoms with Gasteiger partial charge in [-0.25, -0.2) is 0 Å². The van der Waals surface area contributed by atoms with E-state index in [-0.39, 0.29) is 12.6 Å². The smallest absolute Gasteiger partial charge is 0.324 e. The summed E-state index contributed by atoms with van der Waals surface area (Å²) in [5, 5.41) is 39.2. The minimum atomic E-state index is -1.02. The first-order valence-electron chi connectivity index (χ1n) is 7.19. The fourth-order valence-corrected chi connectivity index (χ4v) is 2.50. The van der Waals surface area contributed by atoms with E-state index in [4.69, 9.17) is 4.65 Å². The number of nitrogens with zero attached hydrogens (tertiary/aromatic N) is 4. The van der Waals surface area contributed by atoms with Crippen molar-refractivity contribution in [3.05, 3.63) is 56.1 Å². The summed E-state index contributed by atoms with van der Waals surface area (Å²) in [4.78, 5) is 20.0. The van der Waals surface area contributed by atoms with E-state index in [9.17, 15) is 25.3 Å². The van der Waals surface area contributed by atoms with Crippen LogP contribution >= 0.6 is 0 Å². The van der Waals surface area contributed by atoms with Crippen LogP contribution in [0.4, 0.5) is 22.7 Å². The van der Waals surface area contributed by atoms with Crippen LogP contribution < -0.4 is 5.46 Å². The molecule has 11 heteroatoms. The van der Waals surface area contributed by atoms with Crippen LogP contribution in [0.15, 0.2) is 40.6 Å². The first kappa shape index (κ1) is 16.5. The SMILES string of the molecule is CB1OCc2ccc(/N=N/c3cc([N+](=O)[O-])c(O)c([N+](=O)[O-])c3)cc21. The van der Waals surface area contributed by atoms with Gasteiger partial charge in [0.1, 0.15) is 0 Å². The highest BCUT2D eigenvalue weighted by atomic mass is 16.6. The van der Waals surface area contributed by atoms with Gasteiger partial charge in [-0.05, 0) is 23.2 Å². The number of benzene rings is 2. The van der Waals surface area contributed by atoms with E-state index in [1.165, 1.54) is 0 Å². The van der Waals surface area contributed by atoms with Crippen LogP contribution in [0.25, 0.3) is 0 Å². The van der Waals surface area contributed by atoms with Crippen molar-refractivity contribution in [1.82, 2.24) is 0 Å². The van der Waals surface area contributed by atoms with Gasteiger partial charge < -0.3 is 9.76 Å². The lowest BCUT2D eigenvalue weighted by atomic mass is 9.64. The Hall–Kier alpha value is -3.34. The molecule has 2 aromatic carbocycles. The molecular weight excluding hydrogens is 331 g/mol. The molecule has 0 radical (unpaired) electrons. The third-order valence-electron chi connectivity index (χ3n) is 3.79. The van der Waals surface area contributed by atoms with Gasteiger partial charge in [0.15, 0.2) is 0 Å². The lowest BCUT2D eigenvalue weighted by molar-refractivity contribution is -0.396. The van der Waals surface area contributed by atoms with Crippen LogP contribution in [0.1, 0.15) is 5.56 Å². The molecule has 126 valence electrons. The zero-order valence-electron chi connectivity index (χ0n) is 12.9. The van der Waals surface area contributed by atoms with Crippen molar-refractivity contribution in [3.63, 3.8) is 0 Å². The quantitative estimate of drug-likeness (QED) is 0.392. The summed E-state index contributed by atoms with van der Waals surface area (Å²) >= 11 is 0. The van der Waals surface area contributed by atoms with E-state index in [1.807, 2.05) is 12.9 Å². The number of rotatable bonds is 4. The Morgan fingerprint density at radius 3 is 2.28 bits per heavy atom. The van der Waals surface area contributed by atoms with Gasteiger partial charge in [0.05, 0.1) is 27.8 Å². The highest BCUT2D eigenvalue weighted by Crippen LogP contribution is 2.39. The maximum absolute atomic E-state index is 10.9. The molecule has 0 bridgehead atoms. The van der Waals surface area contributed by atoms with Gasteiger partial charge >= 0.3 is 18.3 Å². The van der Waals surface area contributed by atoms with Gasteiger partial charge in [-0.1, -0.05) is 12.9 Å². The molecule has 0 aromatic heterocycles. The Balaban J connectivity index is 1.97. The Morgan fingerprint density at radius 1 is 1.08 bits per heavy atom. The predicted octanol–water partition coefficient (Wildman–Crippen LogP) is 2.98. The van der Waals surface area contributed by atoms with Gasteiger partial charge in [0, 0.05) is 12.1 Å². The Kier molecular flexibility index (Phi) is 4.15. The number of hydrogen-bond donors (Lipinski definition) is 1. The summed E-state index contributed by atoms with van der Waals surface area (Å²) in [6.45, 7) is 2.35. The molecule has 0 fully saturated rings. The maximum atomic E-state index is 10.9. The highest BCUT2D eigenvalue weighted by Gasteiger charge is 2.26. The molecule has 0 amide bonds. The fraction of sp³-hybridized carbons (Fsp3) is 0.143. The van der Waals surface area contributed by atoms with Crippen molar-refractivity contribution < 1.29 is 19.6 Å². The van der Waals surface area contributed by atoms with Gasteiger partial charge in [0.2, 0.25) is 0 Å². The molecule has 0 spiro atoms. The van der Waals surface area contributed by atoms with Crippen LogP contribution in [0.3, 0.4) is 0 Å². The molecule has 0 atom stereocenters. The predicted molar refractivity (Wildman–Crippen MR) is 88.1 cm³/mol. The third-order valence-corrected chi connectivity index (χ3v) is 3.79. The largest absolute Gasteiger partial charge is 0.497 e. The number of nitro groups is 2. The summed E-state index contributed by atoms with van der Waals surface area (Å²) in [5.41, 5.74) is 0.773. The number of phenolic OH excluding ortho intramolecular Hbond substituents is 1. The second kappa shape index (κ2) is 6.28. The van der Waals surface area contributed by atoms with Crippen molar-refractivity contribution in [2.75, 3.05) is 0 Å². The third kappa shape index (κ3) is 3.17. The summed E-state index contributed by atoms with van der Waals surface area (Å²) in [6, 6.07) is 7.16. The molecule has 1 aliphatic rings. The minimum absolute atomic E-state index is 0.0685. The van der Waals surface area contributed by atoms with E-state index in [1.54, 1.807) is 12.1 Å². The monoisotopic (exact) mass is 342 g/mol. The zero-order valence-corrected chi connectivity index (χ0v) is 12.9. The molecule has 25 heavy (non-hydrogen) atoms. The number of azo groups is 1. The second-order valence-electron chi connectivity index (χ2n) is 5.38. The van der Waals surface area contributed by atoms with Crippen molar-refractivity contribution >= 4 is 35.1 Å². The van der Waals surface area contributed by atoms with Crippen LogP contribution in [-0.4, -0.2) is 21.9 Å². The molecule has 0 saturated carbocycles. The first-order chi connectivity index (χ1) is 11.9. The van der Waals surface area contributed by atoms with E-state index in [0.717, 1.165) is 23.2 Å². The van der Waals surface area contributed by atoms with Crippen molar-refractivity contribution in [2.45, 2.75) is 13.4 Å². The van der Waals surface area contributed by atoms with E-state index in [2.05, 4.69) is 10.2 Å². The number of aromatic hydroxyl groups is 1. The van der Waals surface area contributed by atoms with Crippen LogP contribution in [0.2, 0.25) is 6.82 Å². The second-order valence-corrected chi connectivity index (χ2v) is 5.38. The minimum Gasteiger partial charge on any atom is -0.497 e. The average molecular weight is 342 g/mol. The molecule has 10 nitrogen and oxygen atoms in total. The molecule has 0 saturated heterocycles. The van der Waals surface area contributed by atoms with Crippen LogP contribution in [0.5, 0.6) is 5.75 Å². The molecule has 2 aromatic rings. The molecule has 1 N–H and O–H groups in total. The summed E-state index contributed by atoms with van der Waals surface area (Å²) < 4.78 is 5.49. The molecule has 1 heterocycles. The Labute approximate surface area is 141 Å². The molecule has 0 aliphatic carbocycles. The van der Waals surface area contributed by atoms with E-state index >= 15 is 0 Å². The van der Waals surface area contributed by atoms with Crippen LogP contribution in [0, 0.1) is 20.2 Å². The van der Waals surface area contributed by atoms with Gasteiger partial charge in [-0.3, -0.25) is 20.2 Å². The molecule has 0 unspecified atom stereocenters. The zero-order chi connectivity index (χ0) is 18.1. The van der Waals surface area contributed by atoms with Gasteiger partial charge in [0.25, 0.3) is 5.75 Å². The average Bonchev–Trinajstić information content (AvgIpc) is 2.94. The maximum Gasteiger partial charge on any atom is 0.324 e. The Bertz CT molecular complexity index is 881. The summed E-state index contributed by atoms with van der Waals surface area (Å²) in [6.07, 6.45) is 0. The van der Waals surface area contributed by atoms with Crippen LogP contribution in [-0.2, 0) is 11.3 Å². The van der Waals surface area contributed by atoms with Crippen molar-refractivity contribution in [1.29, 1.82) is 0 Å². The van der Waals surface area contributed by atoms with E-state index in [0.29, 0.717) is 12.3 Å². The number of phenols is 1. The van der Waals surface area contributed by atoms with Gasteiger partial charge in [-0.2, -0.15) is 10.2 Å². The van der Waals surface area contributed by atoms with Crippen molar-refractivity contribution in [2.24, 2.45) is 10.2 Å². The molecule has 3 rings (SSSR count).